The normalized spacial score (nSPS) is 22.1. The van der Waals surface area contributed by atoms with E-state index in [-0.39, 0.29) is 23.3 Å². The minimum absolute atomic E-state index is 0.0410. The first-order chi connectivity index (χ1) is 9.36. The molecular formula is C16H26N2O2. The number of fused-ring (bicyclic) bond motifs is 1. The number of furan rings is 1. The minimum atomic E-state index is -0.100. The van der Waals surface area contributed by atoms with E-state index < -0.39 is 0 Å². The Kier molecular flexibility index (Phi) is 4.23. The van der Waals surface area contributed by atoms with E-state index in [0.29, 0.717) is 6.54 Å². The number of nitrogens with two attached hydrogens (primary N) is 1. The predicted molar refractivity (Wildman–Crippen MR) is 79.3 cm³/mol. The third kappa shape index (κ3) is 3.06. The molecule has 4 nitrogen and oxygen atoms in total. The summed E-state index contributed by atoms with van der Waals surface area (Å²) in [6.07, 6.45) is 2.64. The Bertz CT molecular complexity index is 487. The number of nitrogens with one attached hydrogen (secondary N) is 1. The van der Waals surface area contributed by atoms with E-state index >= 15 is 0 Å². The molecule has 2 atom stereocenters. The zero-order valence-electron chi connectivity index (χ0n) is 13.0. The van der Waals surface area contributed by atoms with E-state index in [4.69, 9.17) is 10.2 Å². The highest BCUT2D eigenvalue weighted by atomic mass is 16.3. The maximum Gasteiger partial charge on any atom is 0.224 e. The molecule has 4 heteroatoms. The van der Waals surface area contributed by atoms with Gasteiger partial charge in [-0.3, -0.25) is 4.79 Å². The Morgan fingerprint density at radius 2 is 2.30 bits per heavy atom. The zero-order valence-corrected chi connectivity index (χ0v) is 13.0. The van der Waals surface area contributed by atoms with Crippen molar-refractivity contribution >= 4 is 5.91 Å². The topological polar surface area (TPSA) is 68.3 Å². The van der Waals surface area contributed by atoms with Crippen molar-refractivity contribution in [3.05, 3.63) is 23.2 Å². The van der Waals surface area contributed by atoms with Crippen LogP contribution in [0.3, 0.4) is 0 Å². The second-order valence-electron chi connectivity index (χ2n) is 6.68. The third-order valence-electron chi connectivity index (χ3n) is 4.20. The van der Waals surface area contributed by atoms with E-state index in [2.05, 4.69) is 25.2 Å². The van der Waals surface area contributed by atoms with Crippen LogP contribution in [0.5, 0.6) is 0 Å². The van der Waals surface area contributed by atoms with E-state index in [9.17, 15) is 4.79 Å². The van der Waals surface area contributed by atoms with Crippen molar-refractivity contribution in [3.63, 3.8) is 0 Å². The first-order valence-electron chi connectivity index (χ1n) is 7.46. The summed E-state index contributed by atoms with van der Waals surface area (Å²) in [5.74, 6) is 1.89. The maximum atomic E-state index is 12.3. The van der Waals surface area contributed by atoms with Crippen LogP contribution in [0.25, 0.3) is 0 Å². The molecule has 0 saturated heterocycles. The Labute approximate surface area is 121 Å². The van der Waals surface area contributed by atoms with Gasteiger partial charge in [0.25, 0.3) is 0 Å². The first kappa shape index (κ1) is 15.1. The van der Waals surface area contributed by atoms with Crippen LogP contribution in [0.15, 0.2) is 10.5 Å². The summed E-state index contributed by atoms with van der Waals surface area (Å²) in [6, 6.07) is 2.10. The number of hydrogen-bond acceptors (Lipinski definition) is 3. The van der Waals surface area contributed by atoms with E-state index in [1.165, 1.54) is 0 Å². The van der Waals surface area contributed by atoms with Gasteiger partial charge < -0.3 is 15.5 Å². The lowest BCUT2D eigenvalue weighted by molar-refractivity contribution is -0.125. The summed E-state index contributed by atoms with van der Waals surface area (Å²) >= 11 is 0. The van der Waals surface area contributed by atoms with Gasteiger partial charge in [-0.05, 0) is 31.2 Å². The monoisotopic (exact) mass is 278 g/mol. The average molecular weight is 278 g/mol. The van der Waals surface area contributed by atoms with Gasteiger partial charge in [-0.2, -0.15) is 0 Å². The molecule has 1 aliphatic carbocycles. The molecule has 2 unspecified atom stereocenters. The van der Waals surface area contributed by atoms with Crippen molar-refractivity contribution in [2.75, 3.05) is 6.54 Å². The third-order valence-corrected chi connectivity index (χ3v) is 4.20. The highest BCUT2D eigenvalue weighted by Crippen LogP contribution is 2.42. The fraction of sp³-hybridized carbons (Fsp3) is 0.688. The molecule has 0 saturated carbocycles. The fourth-order valence-corrected chi connectivity index (χ4v) is 3.06. The molecule has 1 aromatic heterocycles. The molecule has 112 valence electrons. The van der Waals surface area contributed by atoms with Crippen LogP contribution in [0.1, 0.15) is 56.7 Å². The quantitative estimate of drug-likeness (QED) is 0.889. The van der Waals surface area contributed by atoms with E-state index in [1.807, 2.05) is 13.8 Å². The summed E-state index contributed by atoms with van der Waals surface area (Å²) in [5, 5.41) is 3.17. The van der Waals surface area contributed by atoms with Crippen LogP contribution in [-0.4, -0.2) is 12.5 Å². The van der Waals surface area contributed by atoms with E-state index in [1.54, 1.807) is 0 Å². The summed E-state index contributed by atoms with van der Waals surface area (Å²) < 4.78 is 5.79. The molecule has 0 spiro atoms. The van der Waals surface area contributed by atoms with Crippen LogP contribution in [-0.2, 0) is 11.2 Å². The van der Waals surface area contributed by atoms with Crippen molar-refractivity contribution in [1.29, 1.82) is 0 Å². The van der Waals surface area contributed by atoms with Gasteiger partial charge in [0.05, 0.1) is 6.04 Å². The molecule has 1 aromatic rings. The van der Waals surface area contributed by atoms with Gasteiger partial charge in [0.15, 0.2) is 0 Å². The molecule has 0 aromatic carbocycles. The summed E-state index contributed by atoms with van der Waals surface area (Å²) in [6.45, 7) is 8.78. The Morgan fingerprint density at radius 3 is 2.90 bits per heavy atom. The van der Waals surface area contributed by atoms with Crippen molar-refractivity contribution in [2.45, 2.75) is 53.0 Å². The van der Waals surface area contributed by atoms with Gasteiger partial charge in [-0.1, -0.05) is 20.8 Å². The molecule has 1 heterocycles. The summed E-state index contributed by atoms with van der Waals surface area (Å²) in [5.41, 5.74) is 6.94. The fourth-order valence-electron chi connectivity index (χ4n) is 3.06. The van der Waals surface area contributed by atoms with E-state index in [0.717, 1.165) is 36.3 Å². The molecule has 20 heavy (non-hydrogen) atoms. The van der Waals surface area contributed by atoms with Gasteiger partial charge in [0.2, 0.25) is 5.91 Å². The number of amides is 1. The van der Waals surface area contributed by atoms with Gasteiger partial charge in [0, 0.05) is 24.4 Å². The van der Waals surface area contributed by atoms with Crippen molar-refractivity contribution in [1.82, 2.24) is 5.32 Å². The Balaban J connectivity index is 2.21. The lowest BCUT2D eigenvalue weighted by atomic mass is 9.74. The second-order valence-corrected chi connectivity index (χ2v) is 6.68. The van der Waals surface area contributed by atoms with Crippen LogP contribution in [0.4, 0.5) is 0 Å². The molecule has 0 bridgehead atoms. The molecule has 0 aliphatic heterocycles. The molecule has 0 fully saturated rings. The molecule has 1 amide bonds. The van der Waals surface area contributed by atoms with Crippen molar-refractivity contribution < 1.29 is 9.21 Å². The standard InChI is InChI=1S/C16H26N2O2/c1-5-11(9-17)15(19)18-13-7-16(3,4)8-14-12(13)6-10(2)20-14/h6,11,13H,5,7-9,17H2,1-4H3,(H,18,19). The smallest absolute Gasteiger partial charge is 0.224 e. The van der Waals surface area contributed by atoms with Gasteiger partial charge >= 0.3 is 0 Å². The lowest BCUT2D eigenvalue weighted by Gasteiger charge is -2.35. The predicted octanol–water partition coefficient (Wildman–Crippen LogP) is 2.70. The SMILES string of the molecule is CCC(CN)C(=O)NC1CC(C)(C)Cc2oc(C)cc21. The van der Waals surface area contributed by atoms with Crippen LogP contribution in [0, 0.1) is 18.3 Å². The lowest BCUT2D eigenvalue weighted by Crippen LogP contribution is -2.40. The molecular weight excluding hydrogens is 252 g/mol. The Hall–Kier alpha value is -1.29. The highest BCUT2D eigenvalue weighted by Gasteiger charge is 2.36. The minimum Gasteiger partial charge on any atom is -0.466 e. The molecule has 0 radical (unpaired) electrons. The second kappa shape index (κ2) is 5.60. The number of carbonyl (C=O) groups is 1. The first-order valence-corrected chi connectivity index (χ1v) is 7.46. The van der Waals surface area contributed by atoms with Gasteiger partial charge in [0.1, 0.15) is 11.5 Å². The highest BCUT2D eigenvalue weighted by molar-refractivity contribution is 5.79. The number of hydrogen-bond donors (Lipinski definition) is 2. The van der Waals surface area contributed by atoms with Crippen molar-refractivity contribution in [2.24, 2.45) is 17.1 Å². The number of aryl methyl sites for hydroxylation is 1. The van der Waals surface area contributed by atoms with Gasteiger partial charge in [-0.15, -0.1) is 0 Å². The van der Waals surface area contributed by atoms with Crippen molar-refractivity contribution in [3.8, 4) is 0 Å². The number of rotatable bonds is 4. The van der Waals surface area contributed by atoms with Gasteiger partial charge in [-0.25, -0.2) is 0 Å². The largest absolute Gasteiger partial charge is 0.466 e. The summed E-state index contributed by atoms with van der Waals surface area (Å²) in [7, 11) is 0. The molecule has 2 rings (SSSR count). The number of carbonyl (C=O) groups excluding carboxylic acids is 1. The van der Waals surface area contributed by atoms with Crippen LogP contribution < -0.4 is 11.1 Å². The zero-order chi connectivity index (χ0) is 14.9. The maximum absolute atomic E-state index is 12.3. The van der Waals surface area contributed by atoms with Crippen LogP contribution >= 0.6 is 0 Å². The summed E-state index contributed by atoms with van der Waals surface area (Å²) in [4.78, 5) is 12.3. The average Bonchev–Trinajstić information content (AvgIpc) is 2.69. The Morgan fingerprint density at radius 1 is 1.60 bits per heavy atom. The molecule has 3 N–H and O–H groups in total. The molecule has 1 aliphatic rings. The van der Waals surface area contributed by atoms with Crippen LogP contribution in [0.2, 0.25) is 0 Å².